The summed E-state index contributed by atoms with van der Waals surface area (Å²) in [6, 6.07) is 0. The molecule has 13 heavy (non-hydrogen) atoms. The van der Waals surface area contributed by atoms with Crippen molar-refractivity contribution in [3.8, 4) is 0 Å². The summed E-state index contributed by atoms with van der Waals surface area (Å²) in [5, 5.41) is 0. The van der Waals surface area contributed by atoms with Crippen LogP contribution >= 0.6 is 7.14 Å². The van der Waals surface area contributed by atoms with Crippen LogP contribution in [-0.4, -0.2) is 25.3 Å². The monoisotopic (exact) mass is 204 g/mol. The highest BCUT2D eigenvalue weighted by Crippen LogP contribution is 2.36. The molecule has 0 saturated carbocycles. The van der Waals surface area contributed by atoms with Gasteiger partial charge in [-0.25, -0.2) is 0 Å². The van der Waals surface area contributed by atoms with Crippen molar-refractivity contribution in [1.29, 1.82) is 0 Å². The van der Waals surface area contributed by atoms with Crippen LogP contribution in [0.3, 0.4) is 0 Å². The largest absolute Gasteiger partial charge is 0.324 e. The van der Waals surface area contributed by atoms with E-state index in [2.05, 4.69) is 0 Å². The molecule has 3 heteroatoms. The van der Waals surface area contributed by atoms with Crippen LogP contribution in [0.2, 0.25) is 0 Å². The van der Waals surface area contributed by atoms with Crippen molar-refractivity contribution in [2.24, 2.45) is 5.41 Å². The number of rotatable bonds is 4. The van der Waals surface area contributed by atoms with Gasteiger partial charge in [-0.3, -0.25) is 4.79 Å². The van der Waals surface area contributed by atoms with Gasteiger partial charge in [-0.1, -0.05) is 20.8 Å². The average Bonchev–Trinajstić information content (AvgIpc) is 1.78. The van der Waals surface area contributed by atoms with E-state index in [0.717, 1.165) is 0 Å². The zero-order chi connectivity index (χ0) is 10.7. The Labute approximate surface area is 81.5 Å². The second kappa shape index (κ2) is 4.41. The van der Waals surface area contributed by atoms with Gasteiger partial charge < -0.3 is 4.57 Å². The molecule has 0 rings (SSSR count). The van der Waals surface area contributed by atoms with Crippen molar-refractivity contribution in [1.82, 2.24) is 0 Å². The van der Waals surface area contributed by atoms with Gasteiger partial charge in [-0.2, -0.15) is 0 Å². The fraction of sp³-hybridized carbons (Fsp3) is 0.900. The first-order chi connectivity index (χ1) is 5.60. The number of hydrogen-bond acceptors (Lipinski definition) is 2. The first-order valence-corrected chi connectivity index (χ1v) is 7.44. The molecule has 0 aromatic carbocycles. The van der Waals surface area contributed by atoms with Crippen molar-refractivity contribution in [2.45, 2.75) is 33.6 Å². The van der Waals surface area contributed by atoms with Gasteiger partial charge in [0.2, 0.25) is 0 Å². The Hall–Kier alpha value is -0.100. The van der Waals surface area contributed by atoms with Gasteiger partial charge in [0.1, 0.15) is 5.78 Å². The van der Waals surface area contributed by atoms with Gasteiger partial charge in [0.05, 0.1) is 7.14 Å². The summed E-state index contributed by atoms with van der Waals surface area (Å²) in [5.41, 5.74) is 0.0581. The SMILES string of the molecule is CC(C)(C)CC(=O)CCP(C)(C)=O. The summed E-state index contributed by atoms with van der Waals surface area (Å²) >= 11 is 0. The van der Waals surface area contributed by atoms with Crippen molar-refractivity contribution in [2.75, 3.05) is 19.5 Å². The third-order valence-electron chi connectivity index (χ3n) is 1.66. The van der Waals surface area contributed by atoms with Crippen LogP contribution in [0.1, 0.15) is 33.6 Å². The van der Waals surface area contributed by atoms with Crippen LogP contribution in [0.15, 0.2) is 0 Å². The predicted octanol–water partition coefficient (Wildman–Crippen LogP) is 3.00. The Morgan fingerprint density at radius 2 is 1.69 bits per heavy atom. The maximum atomic E-state index is 11.4. The van der Waals surface area contributed by atoms with Crippen LogP contribution < -0.4 is 0 Å². The lowest BCUT2D eigenvalue weighted by Gasteiger charge is -2.17. The van der Waals surface area contributed by atoms with Gasteiger partial charge in [0, 0.05) is 19.0 Å². The summed E-state index contributed by atoms with van der Waals surface area (Å²) in [6.45, 7) is 9.60. The van der Waals surface area contributed by atoms with Gasteiger partial charge in [0.25, 0.3) is 0 Å². The van der Waals surface area contributed by atoms with Crippen molar-refractivity contribution in [3.05, 3.63) is 0 Å². The maximum absolute atomic E-state index is 11.4. The third kappa shape index (κ3) is 9.82. The zero-order valence-corrected chi connectivity index (χ0v) is 10.3. The van der Waals surface area contributed by atoms with E-state index < -0.39 is 7.14 Å². The molecule has 0 unspecified atom stereocenters. The van der Waals surface area contributed by atoms with Crippen molar-refractivity contribution in [3.63, 3.8) is 0 Å². The predicted molar refractivity (Wildman–Crippen MR) is 58.0 cm³/mol. The van der Waals surface area contributed by atoms with E-state index in [9.17, 15) is 9.36 Å². The normalized spacial score (nSPS) is 13.0. The highest BCUT2D eigenvalue weighted by Gasteiger charge is 2.17. The average molecular weight is 204 g/mol. The molecule has 0 bridgehead atoms. The second-order valence-electron chi connectivity index (χ2n) is 5.32. The van der Waals surface area contributed by atoms with E-state index in [1.54, 1.807) is 13.3 Å². The van der Waals surface area contributed by atoms with E-state index in [4.69, 9.17) is 0 Å². The van der Waals surface area contributed by atoms with E-state index in [1.165, 1.54) is 0 Å². The van der Waals surface area contributed by atoms with Crippen LogP contribution in [-0.2, 0) is 9.36 Å². The van der Waals surface area contributed by atoms with E-state index in [1.807, 2.05) is 20.8 Å². The molecule has 0 aliphatic carbocycles. The molecule has 0 aromatic rings. The number of carbonyl (C=O) groups excluding carboxylic acids is 1. The molecule has 0 aliphatic rings. The molecule has 0 amide bonds. The minimum absolute atomic E-state index is 0.0581. The molecule has 2 nitrogen and oxygen atoms in total. The highest BCUT2D eigenvalue weighted by atomic mass is 31.2. The Morgan fingerprint density at radius 3 is 2.00 bits per heavy atom. The summed E-state index contributed by atoms with van der Waals surface area (Å²) in [7, 11) is -2.01. The minimum Gasteiger partial charge on any atom is -0.324 e. The minimum atomic E-state index is -2.01. The Morgan fingerprint density at radius 1 is 1.23 bits per heavy atom. The molecular formula is C10H21O2P. The number of hydrogen-bond donors (Lipinski definition) is 0. The number of carbonyl (C=O) groups is 1. The van der Waals surface area contributed by atoms with Crippen LogP contribution in [0.5, 0.6) is 0 Å². The van der Waals surface area contributed by atoms with E-state index in [0.29, 0.717) is 19.0 Å². The molecular weight excluding hydrogens is 183 g/mol. The number of ketones is 1. The Bertz CT molecular complexity index is 220. The first-order valence-electron chi connectivity index (χ1n) is 4.66. The Balaban J connectivity index is 3.85. The molecule has 0 atom stereocenters. The number of Topliss-reactive ketones (excluding diaryl/α,β-unsaturated/α-hetero) is 1. The standard InChI is InChI=1S/C10H21O2P/c1-10(2,3)8-9(11)6-7-13(4,5)12/h6-8H2,1-5H3. The summed E-state index contributed by atoms with van der Waals surface area (Å²) in [6.07, 6.45) is 1.62. The fourth-order valence-corrected chi connectivity index (χ4v) is 1.86. The van der Waals surface area contributed by atoms with E-state index in [-0.39, 0.29) is 11.2 Å². The van der Waals surface area contributed by atoms with Gasteiger partial charge in [0.15, 0.2) is 0 Å². The summed E-state index contributed by atoms with van der Waals surface area (Å²) in [4.78, 5) is 11.4. The molecule has 0 heterocycles. The van der Waals surface area contributed by atoms with Gasteiger partial charge in [-0.05, 0) is 18.7 Å². The fourth-order valence-electron chi connectivity index (χ4n) is 1.07. The molecule has 0 aromatic heterocycles. The zero-order valence-electron chi connectivity index (χ0n) is 9.39. The molecule has 78 valence electrons. The van der Waals surface area contributed by atoms with Crippen LogP contribution in [0.4, 0.5) is 0 Å². The van der Waals surface area contributed by atoms with Gasteiger partial charge >= 0.3 is 0 Å². The lowest BCUT2D eigenvalue weighted by Crippen LogP contribution is -2.13. The van der Waals surface area contributed by atoms with Crippen molar-refractivity contribution < 1.29 is 9.36 Å². The third-order valence-corrected chi connectivity index (χ3v) is 2.96. The molecule has 0 saturated heterocycles. The first kappa shape index (κ1) is 12.9. The molecule has 0 spiro atoms. The highest BCUT2D eigenvalue weighted by molar-refractivity contribution is 7.62. The van der Waals surface area contributed by atoms with Crippen molar-refractivity contribution >= 4 is 12.9 Å². The van der Waals surface area contributed by atoms with Crippen LogP contribution in [0, 0.1) is 5.41 Å². The van der Waals surface area contributed by atoms with E-state index >= 15 is 0 Å². The molecule has 0 N–H and O–H groups in total. The van der Waals surface area contributed by atoms with Gasteiger partial charge in [-0.15, -0.1) is 0 Å². The topological polar surface area (TPSA) is 34.1 Å². The summed E-state index contributed by atoms with van der Waals surface area (Å²) < 4.78 is 11.3. The lowest BCUT2D eigenvalue weighted by molar-refractivity contribution is -0.120. The smallest absolute Gasteiger partial charge is 0.133 e. The molecule has 0 fully saturated rings. The lowest BCUT2D eigenvalue weighted by atomic mass is 9.89. The quantitative estimate of drug-likeness (QED) is 0.660. The molecule has 0 radical (unpaired) electrons. The Kier molecular flexibility index (Phi) is 4.38. The second-order valence-corrected chi connectivity index (χ2v) is 8.92. The maximum Gasteiger partial charge on any atom is 0.133 e. The molecule has 0 aliphatic heterocycles. The summed E-state index contributed by atoms with van der Waals surface area (Å²) in [5.74, 6) is 0.233. The van der Waals surface area contributed by atoms with Crippen LogP contribution in [0.25, 0.3) is 0 Å².